The summed E-state index contributed by atoms with van der Waals surface area (Å²) >= 11 is 4.50. The van der Waals surface area contributed by atoms with Crippen LogP contribution in [0.4, 0.5) is 17.3 Å². The highest BCUT2D eigenvalue weighted by Gasteiger charge is 2.05. The highest BCUT2D eigenvalue weighted by Crippen LogP contribution is 2.27. The first-order chi connectivity index (χ1) is 8.95. The van der Waals surface area contributed by atoms with Crippen molar-refractivity contribution in [2.24, 2.45) is 0 Å². The zero-order valence-corrected chi connectivity index (χ0v) is 12.5. The summed E-state index contributed by atoms with van der Waals surface area (Å²) in [4.78, 5) is 11.6. The second kappa shape index (κ2) is 5.48. The molecule has 0 amide bonds. The summed E-state index contributed by atoms with van der Waals surface area (Å²) in [6, 6.07) is 7.97. The molecule has 19 heavy (non-hydrogen) atoms. The lowest BCUT2D eigenvalue weighted by Gasteiger charge is -2.15. The van der Waals surface area contributed by atoms with Gasteiger partial charge in [0.05, 0.1) is 5.69 Å². The molecule has 2 aromatic rings. The van der Waals surface area contributed by atoms with Crippen LogP contribution in [-0.2, 0) is 0 Å². The predicted molar refractivity (Wildman–Crippen MR) is 82.8 cm³/mol. The Labute approximate surface area is 119 Å². The van der Waals surface area contributed by atoms with Crippen LogP contribution in [0.2, 0.25) is 0 Å². The Balaban J connectivity index is 2.28. The summed E-state index contributed by atoms with van der Waals surface area (Å²) in [6.07, 6.45) is 0. The van der Waals surface area contributed by atoms with Gasteiger partial charge in [-0.1, -0.05) is 0 Å². The maximum Gasteiger partial charge on any atom is 0.227 e. The van der Waals surface area contributed by atoms with E-state index < -0.39 is 0 Å². The molecule has 100 valence electrons. The van der Waals surface area contributed by atoms with Crippen LogP contribution in [0, 0.1) is 13.8 Å². The summed E-state index contributed by atoms with van der Waals surface area (Å²) in [5.41, 5.74) is 3.90. The van der Waals surface area contributed by atoms with Gasteiger partial charge in [-0.05, 0) is 38.1 Å². The van der Waals surface area contributed by atoms with Crippen molar-refractivity contribution in [2.75, 3.05) is 24.3 Å². The molecule has 0 fully saturated rings. The van der Waals surface area contributed by atoms with Gasteiger partial charge in [0.25, 0.3) is 0 Å². The van der Waals surface area contributed by atoms with Crippen molar-refractivity contribution < 1.29 is 0 Å². The molecular weight excluding hydrogens is 256 g/mol. The van der Waals surface area contributed by atoms with E-state index in [1.807, 2.05) is 57.1 Å². The van der Waals surface area contributed by atoms with Crippen LogP contribution in [0.3, 0.4) is 0 Å². The summed E-state index contributed by atoms with van der Waals surface area (Å²) < 4.78 is 0. The van der Waals surface area contributed by atoms with Gasteiger partial charge in [-0.25, -0.2) is 9.97 Å². The molecule has 0 saturated heterocycles. The van der Waals surface area contributed by atoms with Gasteiger partial charge in [-0.2, -0.15) is 0 Å². The molecule has 5 heteroatoms. The van der Waals surface area contributed by atoms with Crippen molar-refractivity contribution in [2.45, 2.75) is 18.7 Å². The molecule has 1 heterocycles. The standard InChI is InChI=1S/C14H18N4S/c1-9-7-10(2)16-14(15-9)17-12-6-5-11(18(3)4)8-13(12)19/h5-8,19H,1-4H3,(H,15,16,17). The molecule has 0 aliphatic carbocycles. The van der Waals surface area contributed by atoms with Gasteiger partial charge in [-0.3, -0.25) is 0 Å². The first-order valence-electron chi connectivity index (χ1n) is 6.05. The first-order valence-corrected chi connectivity index (χ1v) is 6.50. The minimum atomic E-state index is 0.602. The summed E-state index contributed by atoms with van der Waals surface area (Å²) in [5.74, 6) is 0.602. The number of nitrogens with one attached hydrogen (secondary N) is 1. The molecule has 0 aliphatic rings. The highest BCUT2D eigenvalue weighted by atomic mass is 32.1. The number of thiol groups is 1. The first kappa shape index (κ1) is 13.7. The molecule has 1 aromatic heterocycles. The van der Waals surface area contributed by atoms with Crippen LogP contribution in [0.15, 0.2) is 29.2 Å². The number of benzene rings is 1. The molecule has 2 rings (SSSR count). The third-order valence-electron chi connectivity index (χ3n) is 2.73. The van der Waals surface area contributed by atoms with E-state index in [-0.39, 0.29) is 0 Å². The Morgan fingerprint density at radius 3 is 2.21 bits per heavy atom. The van der Waals surface area contributed by atoms with E-state index in [1.165, 1.54) is 0 Å². The zero-order chi connectivity index (χ0) is 14.0. The van der Waals surface area contributed by atoms with Crippen molar-refractivity contribution in [3.63, 3.8) is 0 Å². The van der Waals surface area contributed by atoms with E-state index in [9.17, 15) is 0 Å². The van der Waals surface area contributed by atoms with Gasteiger partial charge < -0.3 is 10.2 Å². The van der Waals surface area contributed by atoms with E-state index in [0.29, 0.717) is 5.95 Å². The van der Waals surface area contributed by atoms with Crippen LogP contribution in [0.25, 0.3) is 0 Å². The zero-order valence-electron chi connectivity index (χ0n) is 11.6. The molecule has 1 aromatic carbocycles. The van der Waals surface area contributed by atoms with Gasteiger partial charge in [0.15, 0.2) is 0 Å². The lowest BCUT2D eigenvalue weighted by atomic mass is 10.2. The Morgan fingerprint density at radius 2 is 1.68 bits per heavy atom. The van der Waals surface area contributed by atoms with Gasteiger partial charge in [-0.15, -0.1) is 12.6 Å². The number of hydrogen-bond acceptors (Lipinski definition) is 5. The maximum atomic E-state index is 4.50. The smallest absolute Gasteiger partial charge is 0.227 e. The van der Waals surface area contributed by atoms with Gasteiger partial charge in [0.2, 0.25) is 5.95 Å². The van der Waals surface area contributed by atoms with Crippen molar-refractivity contribution in [3.05, 3.63) is 35.7 Å². The van der Waals surface area contributed by atoms with Crippen LogP contribution >= 0.6 is 12.6 Å². The van der Waals surface area contributed by atoms with Crippen LogP contribution in [-0.4, -0.2) is 24.1 Å². The lowest BCUT2D eigenvalue weighted by molar-refractivity contribution is 1.06. The molecule has 0 radical (unpaired) electrons. The maximum absolute atomic E-state index is 4.50. The van der Waals surface area contributed by atoms with E-state index >= 15 is 0 Å². The Morgan fingerprint density at radius 1 is 1.05 bits per heavy atom. The minimum absolute atomic E-state index is 0.602. The quantitative estimate of drug-likeness (QED) is 0.843. The third-order valence-corrected chi connectivity index (χ3v) is 3.10. The highest BCUT2D eigenvalue weighted by molar-refractivity contribution is 7.80. The number of aryl methyl sites for hydroxylation is 2. The number of nitrogens with zero attached hydrogens (tertiary/aromatic N) is 3. The minimum Gasteiger partial charge on any atom is -0.378 e. The normalized spacial score (nSPS) is 10.4. The average Bonchev–Trinajstić information content (AvgIpc) is 2.30. The molecule has 0 atom stereocenters. The van der Waals surface area contributed by atoms with Crippen LogP contribution in [0.5, 0.6) is 0 Å². The molecule has 0 bridgehead atoms. The number of anilines is 3. The Bertz CT molecular complexity index is 576. The number of aromatic nitrogens is 2. The van der Waals surface area contributed by atoms with E-state index in [0.717, 1.165) is 27.7 Å². The molecule has 0 unspecified atom stereocenters. The van der Waals surface area contributed by atoms with Crippen molar-refractivity contribution in [3.8, 4) is 0 Å². The van der Waals surface area contributed by atoms with Gasteiger partial charge in [0, 0.05) is 36.1 Å². The summed E-state index contributed by atoms with van der Waals surface area (Å²) in [7, 11) is 4.01. The fraction of sp³-hybridized carbons (Fsp3) is 0.286. The number of hydrogen-bond donors (Lipinski definition) is 2. The van der Waals surface area contributed by atoms with E-state index in [1.54, 1.807) is 0 Å². The lowest BCUT2D eigenvalue weighted by Crippen LogP contribution is -2.08. The Kier molecular flexibility index (Phi) is 3.95. The largest absolute Gasteiger partial charge is 0.378 e. The average molecular weight is 274 g/mol. The molecule has 1 N–H and O–H groups in total. The second-order valence-electron chi connectivity index (χ2n) is 4.70. The van der Waals surface area contributed by atoms with Crippen molar-refractivity contribution in [1.82, 2.24) is 9.97 Å². The van der Waals surface area contributed by atoms with Crippen molar-refractivity contribution in [1.29, 1.82) is 0 Å². The molecule has 0 aliphatic heterocycles. The monoisotopic (exact) mass is 274 g/mol. The van der Waals surface area contributed by atoms with Gasteiger partial charge in [0.1, 0.15) is 0 Å². The molecular formula is C14H18N4S. The van der Waals surface area contributed by atoms with Crippen LogP contribution in [0.1, 0.15) is 11.4 Å². The van der Waals surface area contributed by atoms with E-state index in [2.05, 4.69) is 27.9 Å². The fourth-order valence-corrected chi connectivity index (χ4v) is 2.07. The van der Waals surface area contributed by atoms with Crippen LogP contribution < -0.4 is 10.2 Å². The number of rotatable bonds is 3. The van der Waals surface area contributed by atoms with E-state index in [4.69, 9.17) is 0 Å². The molecule has 0 spiro atoms. The predicted octanol–water partition coefficient (Wildman–Crippen LogP) is 3.19. The van der Waals surface area contributed by atoms with Crippen molar-refractivity contribution >= 4 is 30.0 Å². The molecule has 4 nitrogen and oxygen atoms in total. The fourth-order valence-electron chi connectivity index (χ4n) is 1.81. The summed E-state index contributed by atoms with van der Waals surface area (Å²) in [6.45, 7) is 3.91. The third kappa shape index (κ3) is 3.38. The molecule has 0 saturated carbocycles. The van der Waals surface area contributed by atoms with Gasteiger partial charge >= 0.3 is 0 Å². The SMILES string of the molecule is Cc1cc(C)nc(Nc2ccc(N(C)C)cc2S)n1. The Hall–Kier alpha value is -1.75. The topological polar surface area (TPSA) is 41.1 Å². The summed E-state index contributed by atoms with van der Waals surface area (Å²) in [5, 5.41) is 3.20. The second-order valence-corrected chi connectivity index (χ2v) is 5.18.